The molecule has 0 saturated carbocycles. The largest absolute Gasteiger partial charge is 0.306 e. The predicted octanol–water partition coefficient (Wildman–Crippen LogP) is 3.82. The zero-order chi connectivity index (χ0) is 13.2. The number of hydrogen-bond donors (Lipinski definition) is 1. The second-order valence-electron chi connectivity index (χ2n) is 5.12. The van der Waals surface area contributed by atoms with Gasteiger partial charge in [-0.3, -0.25) is 4.98 Å². The van der Waals surface area contributed by atoms with Crippen LogP contribution in [0.5, 0.6) is 0 Å². The SMILES string of the molecule is Cc1ccc(CNC2CCc3cc(Cl)ccc32)cn1. The molecular formula is C16H17ClN2. The summed E-state index contributed by atoms with van der Waals surface area (Å²) in [6, 6.07) is 10.8. The molecule has 3 rings (SSSR count). The zero-order valence-corrected chi connectivity index (χ0v) is 11.7. The van der Waals surface area contributed by atoms with Gasteiger partial charge in [0.2, 0.25) is 0 Å². The molecule has 1 N–H and O–H groups in total. The molecule has 0 bridgehead atoms. The molecule has 98 valence electrons. The molecule has 2 aromatic rings. The van der Waals surface area contributed by atoms with E-state index < -0.39 is 0 Å². The highest BCUT2D eigenvalue weighted by Gasteiger charge is 2.21. The highest BCUT2D eigenvalue weighted by molar-refractivity contribution is 6.30. The van der Waals surface area contributed by atoms with Gasteiger partial charge in [0.1, 0.15) is 0 Å². The van der Waals surface area contributed by atoms with E-state index in [1.54, 1.807) is 0 Å². The molecule has 1 aromatic carbocycles. The van der Waals surface area contributed by atoms with E-state index in [9.17, 15) is 0 Å². The van der Waals surface area contributed by atoms with E-state index in [0.717, 1.165) is 30.1 Å². The third kappa shape index (κ3) is 2.80. The molecule has 3 heteroatoms. The van der Waals surface area contributed by atoms with Gasteiger partial charge in [-0.1, -0.05) is 23.7 Å². The third-order valence-corrected chi connectivity index (χ3v) is 3.94. The summed E-state index contributed by atoms with van der Waals surface area (Å²) in [4.78, 5) is 4.32. The van der Waals surface area contributed by atoms with Crippen molar-refractivity contribution in [2.45, 2.75) is 32.4 Å². The fourth-order valence-electron chi connectivity index (χ4n) is 2.64. The van der Waals surface area contributed by atoms with E-state index >= 15 is 0 Å². The van der Waals surface area contributed by atoms with Crippen LogP contribution < -0.4 is 5.32 Å². The average Bonchev–Trinajstić information content (AvgIpc) is 2.80. The van der Waals surface area contributed by atoms with Gasteiger partial charge in [-0.05, 0) is 54.7 Å². The molecule has 1 aromatic heterocycles. The third-order valence-electron chi connectivity index (χ3n) is 3.71. The molecule has 19 heavy (non-hydrogen) atoms. The second-order valence-corrected chi connectivity index (χ2v) is 5.56. The Balaban J connectivity index is 1.68. The summed E-state index contributed by atoms with van der Waals surface area (Å²) in [6.07, 6.45) is 4.20. The molecular weight excluding hydrogens is 256 g/mol. The fourth-order valence-corrected chi connectivity index (χ4v) is 2.84. The number of hydrogen-bond acceptors (Lipinski definition) is 2. The van der Waals surface area contributed by atoms with Crippen LogP contribution in [-0.4, -0.2) is 4.98 Å². The summed E-state index contributed by atoms with van der Waals surface area (Å²) in [5.74, 6) is 0. The predicted molar refractivity (Wildman–Crippen MR) is 78.3 cm³/mol. The molecule has 1 aliphatic rings. The summed E-state index contributed by atoms with van der Waals surface area (Å²) in [6.45, 7) is 2.87. The summed E-state index contributed by atoms with van der Waals surface area (Å²) >= 11 is 6.03. The van der Waals surface area contributed by atoms with Crippen LogP contribution in [0.15, 0.2) is 36.5 Å². The van der Waals surface area contributed by atoms with Crippen molar-refractivity contribution < 1.29 is 0 Å². The Hall–Kier alpha value is -1.38. The Morgan fingerprint density at radius 3 is 3.00 bits per heavy atom. The van der Waals surface area contributed by atoms with Crippen LogP contribution in [0.3, 0.4) is 0 Å². The Bertz CT molecular complexity index is 578. The Morgan fingerprint density at radius 2 is 2.21 bits per heavy atom. The number of nitrogens with zero attached hydrogens (tertiary/aromatic N) is 1. The van der Waals surface area contributed by atoms with Crippen LogP contribution in [0.4, 0.5) is 0 Å². The summed E-state index contributed by atoms with van der Waals surface area (Å²) in [5, 5.41) is 4.45. The Labute approximate surface area is 118 Å². The van der Waals surface area contributed by atoms with Gasteiger partial charge in [0.15, 0.2) is 0 Å². The van der Waals surface area contributed by atoms with Gasteiger partial charge >= 0.3 is 0 Å². The number of aryl methyl sites for hydroxylation is 2. The smallest absolute Gasteiger partial charge is 0.0408 e. The van der Waals surface area contributed by atoms with Gasteiger partial charge in [0.25, 0.3) is 0 Å². The van der Waals surface area contributed by atoms with E-state index in [4.69, 9.17) is 11.6 Å². The normalized spacial score (nSPS) is 17.5. The van der Waals surface area contributed by atoms with Crippen molar-refractivity contribution in [1.82, 2.24) is 10.3 Å². The number of fused-ring (bicyclic) bond motifs is 1. The molecule has 0 amide bonds. The molecule has 0 saturated heterocycles. The Morgan fingerprint density at radius 1 is 1.32 bits per heavy atom. The number of benzene rings is 1. The number of rotatable bonds is 3. The van der Waals surface area contributed by atoms with Crippen LogP contribution in [0, 0.1) is 6.92 Å². The van der Waals surface area contributed by atoms with Crippen LogP contribution in [0.1, 0.15) is 34.8 Å². The lowest BCUT2D eigenvalue weighted by atomic mass is 10.1. The minimum atomic E-state index is 0.438. The number of aromatic nitrogens is 1. The maximum absolute atomic E-state index is 6.03. The van der Waals surface area contributed by atoms with Gasteiger partial charge in [-0.25, -0.2) is 0 Å². The van der Waals surface area contributed by atoms with Gasteiger partial charge in [-0.15, -0.1) is 0 Å². The van der Waals surface area contributed by atoms with E-state index in [2.05, 4.69) is 34.6 Å². The van der Waals surface area contributed by atoms with Crippen molar-refractivity contribution >= 4 is 11.6 Å². The minimum absolute atomic E-state index is 0.438. The van der Waals surface area contributed by atoms with Crippen molar-refractivity contribution in [1.29, 1.82) is 0 Å². The molecule has 2 nitrogen and oxygen atoms in total. The van der Waals surface area contributed by atoms with Gasteiger partial charge in [0, 0.05) is 29.5 Å². The highest BCUT2D eigenvalue weighted by atomic mass is 35.5. The molecule has 1 heterocycles. The quantitative estimate of drug-likeness (QED) is 0.919. The fraction of sp³-hybridized carbons (Fsp3) is 0.312. The minimum Gasteiger partial charge on any atom is -0.306 e. The van der Waals surface area contributed by atoms with Gasteiger partial charge < -0.3 is 5.32 Å². The first-order valence-electron chi connectivity index (χ1n) is 6.65. The highest BCUT2D eigenvalue weighted by Crippen LogP contribution is 2.32. The number of pyridine rings is 1. The molecule has 0 spiro atoms. The topological polar surface area (TPSA) is 24.9 Å². The summed E-state index contributed by atoms with van der Waals surface area (Å²) < 4.78 is 0. The van der Waals surface area contributed by atoms with E-state index in [-0.39, 0.29) is 0 Å². The molecule has 0 radical (unpaired) electrons. The average molecular weight is 273 g/mol. The molecule has 0 aliphatic heterocycles. The van der Waals surface area contributed by atoms with Crippen molar-refractivity contribution in [3.8, 4) is 0 Å². The van der Waals surface area contributed by atoms with Gasteiger partial charge in [-0.2, -0.15) is 0 Å². The maximum atomic E-state index is 6.03. The van der Waals surface area contributed by atoms with Crippen molar-refractivity contribution in [3.05, 3.63) is 63.9 Å². The molecule has 1 unspecified atom stereocenters. The summed E-state index contributed by atoms with van der Waals surface area (Å²) in [7, 11) is 0. The van der Waals surface area contributed by atoms with Crippen LogP contribution in [0.2, 0.25) is 5.02 Å². The van der Waals surface area contributed by atoms with Gasteiger partial charge in [0.05, 0.1) is 0 Å². The summed E-state index contributed by atoms with van der Waals surface area (Å²) in [5.41, 5.74) is 5.06. The lowest BCUT2D eigenvalue weighted by Crippen LogP contribution is -2.18. The first-order valence-corrected chi connectivity index (χ1v) is 7.03. The van der Waals surface area contributed by atoms with Crippen LogP contribution in [0.25, 0.3) is 0 Å². The first kappa shape index (κ1) is 12.6. The molecule has 1 aliphatic carbocycles. The van der Waals surface area contributed by atoms with Crippen molar-refractivity contribution in [2.24, 2.45) is 0 Å². The van der Waals surface area contributed by atoms with E-state index in [0.29, 0.717) is 6.04 Å². The maximum Gasteiger partial charge on any atom is 0.0408 e. The van der Waals surface area contributed by atoms with Crippen molar-refractivity contribution in [2.75, 3.05) is 0 Å². The number of halogens is 1. The monoisotopic (exact) mass is 272 g/mol. The van der Waals surface area contributed by atoms with E-state index in [1.807, 2.05) is 19.2 Å². The van der Waals surface area contributed by atoms with E-state index in [1.165, 1.54) is 16.7 Å². The molecule has 1 atom stereocenters. The number of nitrogens with one attached hydrogen (secondary N) is 1. The lowest BCUT2D eigenvalue weighted by molar-refractivity contribution is 0.529. The lowest BCUT2D eigenvalue weighted by Gasteiger charge is -2.14. The van der Waals surface area contributed by atoms with Crippen LogP contribution in [-0.2, 0) is 13.0 Å². The standard InChI is InChI=1S/C16H17ClN2/c1-11-2-3-12(9-18-11)10-19-16-7-4-13-8-14(17)5-6-15(13)16/h2-3,5-6,8-9,16,19H,4,7,10H2,1H3. The zero-order valence-electron chi connectivity index (χ0n) is 11.0. The van der Waals surface area contributed by atoms with Crippen LogP contribution >= 0.6 is 11.6 Å². The molecule has 0 fully saturated rings. The first-order chi connectivity index (χ1) is 9.22. The second kappa shape index (κ2) is 5.32. The van der Waals surface area contributed by atoms with Crippen molar-refractivity contribution in [3.63, 3.8) is 0 Å². The Kier molecular flexibility index (Phi) is 3.54.